The molecule has 0 heterocycles. The minimum absolute atomic E-state index is 0.0733. The summed E-state index contributed by atoms with van der Waals surface area (Å²) in [6.07, 6.45) is 0.620. The van der Waals surface area contributed by atoms with Crippen LogP contribution in [0.4, 0.5) is 8.78 Å². The molecule has 0 fully saturated rings. The zero-order valence-corrected chi connectivity index (χ0v) is 28.4. The maximum Gasteiger partial charge on any atom is 0.404 e. The van der Waals surface area contributed by atoms with Gasteiger partial charge in [-0.3, -0.25) is 9.36 Å². The van der Waals surface area contributed by atoms with Gasteiger partial charge in [0.2, 0.25) is 15.9 Å². The number of phenols is 1. The van der Waals surface area contributed by atoms with Gasteiger partial charge in [0.1, 0.15) is 23.1 Å². The first-order valence-corrected chi connectivity index (χ1v) is 18.1. The van der Waals surface area contributed by atoms with Gasteiger partial charge in [0, 0.05) is 12.1 Å². The molecule has 1 atom stereocenters. The Kier molecular flexibility index (Phi) is 14.1. The molecular weight excluding hydrogens is 673 g/mol. The van der Waals surface area contributed by atoms with Crippen LogP contribution in [-0.2, 0) is 45.3 Å². The fourth-order valence-corrected chi connectivity index (χ4v) is 7.27. The number of alkyl halides is 2. The van der Waals surface area contributed by atoms with Gasteiger partial charge in [-0.1, -0.05) is 48.5 Å². The smallest absolute Gasteiger partial charge is 0.404 e. The fourth-order valence-electron chi connectivity index (χ4n) is 4.51. The van der Waals surface area contributed by atoms with E-state index in [1.165, 1.54) is 75.6 Å². The first kappa shape index (κ1) is 38.6. The third-order valence-electron chi connectivity index (χ3n) is 6.87. The number of nitrogens with one attached hydrogen (secondary N) is 2. The number of unbranched alkanes of at least 4 members (excludes halogenated alkanes) is 1. The maximum absolute atomic E-state index is 15.2. The first-order chi connectivity index (χ1) is 22.8. The Hall–Kier alpha value is -3.88. The van der Waals surface area contributed by atoms with Crippen LogP contribution in [0.1, 0.15) is 48.2 Å². The Balaban J connectivity index is 1.70. The summed E-state index contributed by atoms with van der Waals surface area (Å²) in [5.41, 5.74) is -4.37. The molecule has 3 aromatic carbocycles. The molecule has 0 aliphatic carbocycles. The van der Waals surface area contributed by atoms with E-state index in [-0.39, 0.29) is 54.7 Å². The molecule has 0 saturated carbocycles. The van der Waals surface area contributed by atoms with E-state index >= 15 is 8.78 Å². The molecule has 0 unspecified atom stereocenters. The number of benzene rings is 3. The topological polar surface area (TPSA) is 167 Å². The number of phenolic OH excluding ortho intramolecular Hbond substituents is 1. The van der Waals surface area contributed by atoms with Crippen LogP contribution < -0.4 is 14.8 Å². The van der Waals surface area contributed by atoms with Gasteiger partial charge >= 0.3 is 19.2 Å². The van der Waals surface area contributed by atoms with E-state index in [1.807, 2.05) is 0 Å². The van der Waals surface area contributed by atoms with E-state index in [0.717, 1.165) is 12.1 Å². The van der Waals surface area contributed by atoms with Gasteiger partial charge in [0.15, 0.2) is 0 Å². The highest BCUT2D eigenvalue weighted by atomic mass is 32.2. The van der Waals surface area contributed by atoms with Gasteiger partial charge in [-0.2, -0.15) is 13.5 Å². The Morgan fingerprint density at radius 3 is 2.19 bits per heavy atom. The predicted molar refractivity (Wildman–Crippen MR) is 173 cm³/mol. The van der Waals surface area contributed by atoms with Crippen molar-refractivity contribution >= 4 is 29.5 Å². The van der Waals surface area contributed by atoms with E-state index in [1.54, 1.807) is 6.07 Å². The van der Waals surface area contributed by atoms with Crippen LogP contribution in [-0.4, -0.2) is 64.9 Å². The zero-order chi connectivity index (χ0) is 35.4. The summed E-state index contributed by atoms with van der Waals surface area (Å²) >= 11 is 0. The van der Waals surface area contributed by atoms with E-state index in [4.69, 9.17) is 13.8 Å². The number of hydrogen-bond donors (Lipinski definition) is 3. The number of sulfonamides is 1. The largest absolute Gasteiger partial charge is 0.507 e. The van der Waals surface area contributed by atoms with Crippen molar-refractivity contribution in [1.29, 1.82) is 0 Å². The number of hydrogen-bond acceptors (Lipinski definition) is 10. The van der Waals surface area contributed by atoms with E-state index in [9.17, 15) is 27.7 Å². The van der Waals surface area contributed by atoms with Crippen LogP contribution in [0.2, 0.25) is 0 Å². The maximum atomic E-state index is 15.2. The van der Waals surface area contributed by atoms with E-state index < -0.39 is 46.8 Å². The second-order valence-electron chi connectivity index (χ2n) is 10.3. The third kappa shape index (κ3) is 9.83. The minimum atomic E-state index is -4.84. The molecule has 1 amide bonds. The molecule has 0 aliphatic heterocycles. The summed E-state index contributed by atoms with van der Waals surface area (Å²) in [5.74, 6) is -1.60. The van der Waals surface area contributed by atoms with Crippen LogP contribution >= 0.6 is 7.60 Å². The summed E-state index contributed by atoms with van der Waals surface area (Å²) in [5, 5.41) is 12.7. The number of esters is 1. The number of amides is 1. The molecule has 3 rings (SSSR count). The Bertz CT molecular complexity index is 1670. The van der Waals surface area contributed by atoms with Crippen LogP contribution in [0.5, 0.6) is 11.5 Å². The lowest BCUT2D eigenvalue weighted by Gasteiger charge is -2.26. The van der Waals surface area contributed by atoms with Gasteiger partial charge in [0.25, 0.3) is 0 Å². The summed E-state index contributed by atoms with van der Waals surface area (Å²) < 4.78 is 91.8. The summed E-state index contributed by atoms with van der Waals surface area (Å²) in [6.45, 7) is 2.57. The third-order valence-corrected chi connectivity index (χ3v) is 10.5. The zero-order valence-electron chi connectivity index (χ0n) is 26.7. The van der Waals surface area contributed by atoms with Crippen molar-refractivity contribution in [2.75, 3.05) is 33.5 Å². The molecule has 262 valence electrons. The van der Waals surface area contributed by atoms with Gasteiger partial charge in [-0.15, -0.1) is 0 Å². The standard InChI is InChI=1S/C32H39F2N2O10PS/c1-4-45-47(40,46-5-2)32(33,34)24-18-16-23(17-19-24)22-26(36-48(41,42)25-12-7-6-8-13-25)30(38)35-20-9-10-21-44-28-15-11-14-27(37)29(28)31(39)43-3/h6-8,11-19,26,36-37H,4-5,9-10,20-22H2,1-3H3,(H,35,38)/t26-/m0/s1. The molecular formula is C32H39F2N2O10PS. The Labute approximate surface area is 278 Å². The van der Waals surface area contributed by atoms with Crippen molar-refractivity contribution in [2.45, 2.75) is 49.7 Å². The number of ether oxygens (including phenoxy) is 2. The second kappa shape index (κ2) is 17.5. The minimum Gasteiger partial charge on any atom is -0.507 e. The van der Waals surface area contributed by atoms with Crippen LogP contribution in [0.25, 0.3) is 0 Å². The highest BCUT2D eigenvalue weighted by Crippen LogP contribution is 2.66. The van der Waals surface area contributed by atoms with Gasteiger partial charge < -0.3 is 28.9 Å². The first-order valence-electron chi connectivity index (χ1n) is 15.0. The summed E-state index contributed by atoms with van der Waals surface area (Å²) in [6, 6.07) is 15.0. The summed E-state index contributed by atoms with van der Waals surface area (Å²) in [4.78, 5) is 25.2. The lowest BCUT2D eigenvalue weighted by molar-refractivity contribution is -0.122. The average Bonchev–Trinajstić information content (AvgIpc) is 3.06. The molecule has 16 heteroatoms. The molecule has 12 nitrogen and oxygen atoms in total. The SMILES string of the molecule is CCOP(=O)(OCC)C(F)(F)c1ccc(C[C@H](NS(=O)(=O)c2ccccc2)C(=O)NCCCCOc2cccc(O)c2C(=O)OC)cc1. The number of rotatable bonds is 19. The van der Waals surface area contributed by atoms with Gasteiger partial charge in [0.05, 0.1) is 31.8 Å². The number of carbonyl (C=O) groups is 2. The van der Waals surface area contributed by atoms with Crippen LogP contribution in [0.3, 0.4) is 0 Å². The Morgan fingerprint density at radius 2 is 1.58 bits per heavy atom. The van der Waals surface area contributed by atoms with Crippen molar-refractivity contribution in [3.8, 4) is 11.5 Å². The lowest BCUT2D eigenvalue weighted by Crippen LogP contribution is -2.48. The van der Waals surface area contributed by atoms with E-state index in [2.05, 4.69) is 14.8 Å². The van der Waals surface area contributed by atoms with Crippen LogP contribution in [0.15, 0.2) is 77.7 Å². The lowest BCUT2D eigenvalue weighted by atomic mass is 10.0. The number of halogens is 2. The molecule has 0 bridgehead atoms. The second-order valence-corrected chi connectivity index (χ2v) is 14.0. The van der Waals surface area contributed by atoms with Gasteiger partial charge in [-0.05, 0) is 62.9 Å². The van der Waals surface area contributed by atoms with Crippen molar-refractivity contribution < 1.29 is 55.0 Å². The molecule has 3 N–H and O–H groups in total. The average molecular weight is 713 g/mol. The van der Waals surface area contributed by atoms with Crippen molar-refractivity contribution in [3.63, 3.8) is 0 Å². The molecule has 3 aromatic rings. The van der Waals surface area contributed by atoms with Crippen molar-refractivity contribution in [1.82, 2.24) is 10.0 Å². The highest BCUT2D eigenvalue weighted by Gasteiger charge is 2.54. The fraction of sp³-hybridized carbons (Fsp3) is 0.375. The molecule has 0 saturated heterocycles. The normalized spacial score (nSPS) is 12.7. The quantitative estimate of drug-likeness (QED) is 0.0837. The highest BCUT2D eigenvalue weighted by molar-refractivity contribution is 7.89. The van der Waals surface area contributed by atoms with Crippen LogP contribution in [0, 0.1) is 0 Å². The summed E-state index contributed by atoms with van der Waals surface area (Å²) in [7, 11) is -7.82. The number of aromatic hydroxyl groups is 1. The molecule has 0 spiro atoms. The predicted octanol–water partition coefficient (Wildman–Crippen LogP) is 5.36. The number of carbonyl (C=O) groups excluding carboxylic acids is 2. The Morgan fingerprint density at radius 1 is 0.938 bits per heavy atom. The monoisotopic (exact) mass is 712 g/mol. The molecule has 0 radical (unpaired) electrons. The number of methoxy groups -OCH3 is 1. The molecule has 0 aromatic heterocycles. The van der Waals surface area contributed by atoms with Gasteiger partial charge in [-0.25, -0.2) is 13.2 Å². The molecule has 48 heavy (non-hydrogen) atoms. The van der Waals surface area contributed by atoms with Crippen molar-refractivity contribution in [2.24, 2.45) is 0 Å². The van der Waals surface area contributed by atoms with E-state index in [0.29, 0.717) is 18.4 Å². The molecule has 0 aliphatic rings. The van der Waals surface area contributed by atoms with Crippen molar-refractivity contribution in [3.05, 3.63) is 89.5 Å².